The van der Waals surface area contributed by atoms with Crippen molar-refractivity contribution in [1.29, 1.82) is 0 Å². The van der Waals surface area contributed by atoms with Crippen molar-refractivity contribution in [2.24, 2.45) is 5.92 Å². The van der Waals surface area contributed by atoms with E-state index < -0.39 is 0 Å². The lowest BCUT2D eigenvalue weighted by molar-refractivity contribution is -0.0948. The molecule has 0 aromatic heterocycles. The van der Waals surface area contributed by atoms with Crippen LogP contribution in [0, 0.1) is 19.8 Å². The van der Waals surface area contributed by atoms with Gasteiger partial charge < -0.3 is 10.1 Å². The molecule has 2 heterocycles. The summed E-state index contributed by atoms with van der Waals surface area (Å²) in [5.74, 6) is 0.738. The normalized spacial score (nSPS) is 26.7. The van der Waals surface area contributed by atoms with Gasteiger partial charge in [-0.1, -0.05) is 18.2 Å². The van der Waals surface area contributed by atoms with E-state index in [9.17, 15) is 0 Å². The van der Waals surface area contributed by atoms with Crippen molar-refractivity contribution in [1.82, 2.24) is 5.32 Å². The maximum Gasteiger partial charge on any atom is 0.0588 e. The molecule has 2 aliphatic rings. The Kier molecular flexibility index (Phi) is 3.16. The lowest BCUT2D eigenvalue weighted by Crippen LogP contribution is -2.56. The second-order valence-electron chi connectivity index (χ2n) is 5.99. The SMILES string of the molecule is Cc1ccc(C2(C3CCCNC3)COC2)cc1C. The largest absolute Gasteiger partial charge is 0.379 e. The van der Waals surface area contributed by atoms with Crippen molar-refractivity contribution in [3.05, 3.63) is 34.9 Å². The molecule has 0 amide bonds. The van der Waals surface area contributed by atoms with E-state index in [1.54, 1.807) is 0 Å². The van der Waals surface area contributed by atoms with E-state index in [0.717, 1.165) is 25.7 Å². The molecule has 0 spiro atoms. The van der Waals surface area contributed by atoms with E-state index in [1.165, 1.54) is 36.1 Å². The first-order valence-electron chi connectivity index (χ1n) is 7.08. The average molecular weight is 245 g/mol. The fourth-order valence-corrected chi connectivity index (χ4v) is 3.33. The van der Waals surface area contributed by atoms with Crippen molar-refractivity contribution in [3.8, 4) is 0 Å². The Morgan fingerprint density at radius 2 is 2.06 bits per heavy atom. The molecule has 0 radical (unpaired) electrons. The van der Waals surface area contributed by atoms with Crippen LogP contribution in [0.2, 0.25) is 0 Å². The van der Waals surface area contributed by atoms with E-state index in [1.807, 2.05) is 0 Å². The van der Waals surface area contributed by atoms with E-state index in [-0.39, 0.29) is 5.41 Å². The minimum absolute atomic E-state index is 0.284. The fraction of sp³-hybridized carbons (Fsp3) is 0.625. The zero-order valence-electron chi connectivity index (χ0n) is 11.5. The molecule has 3 rings (SSSR count). The maximum absolute atomic E-state index is 5.59. The Balaban J connectivity index is 1.92. The van der Waals surface area contributed by atoms with Gasteiger partial charge in [0.15, 0.2) is 0 Å². The molecule has 2 aliphatic heterocycles. The molecule has 0 aliphatic carbocycles. The first kappa shape index (κ1) is 12.2. The van der Waals surface area contributed by atoms with Gasteiger partial charge in [-0.05, 0) is 62.4 Å². The third-order valence-electron chi connectivity index (χ3n) is 4.88. The van der Waals surface area contributed by atoms with Gasteiger partial charge in [-0.15, -0.1) is 0 Å². The molecule has 98 valence electrons. The summed E-state index contributed by atoms with van der Waals surface area (Å²) < 4.78 is 5.59. The Hall–Kier alpha value is -0.860. The molecule has 1 N–H and O–H groups in total. The van der Waals surface area contributed by atoms with Crippen LogP contribution in [0.15, 0.2) is 18.2 Å². The Labute approximate surface area is 110 Å². The zero-order valence-corrected chi connectivity index (χ0v) is 11.5. The molecule has 2 saturated heterocycles. The Bertz CT molecular complexity index is 431. The number of nitrogens with one attached hydrogen (secondary N) is 1. The standard InChI is InChI=1S/C16H23NO/c1-12-5-6-14(8-13(12)2)16(10-18-11-16)15-4-3-7-17-9-15/h5-6,8,15,17H,3-4,7,9-11H2,1-2H3. The molecular formula is C16H23NO. The van der Waals surface area contributed by atoms with E-state index in [4.69, 9.17) is 4.74 Å². The van der Waals surface area contributed by atoms with E-state index >= 15 is 0 Å². The second-order valence-corrected chi connectivity index (χ2v) is 5.99. The molecule has 0 bridgehead atoms. The quantitative estimate of drug-likeness (QED) is 0.864. The molecule has 2 heteroatoms. The van der Waals surface area contributed by atoms with Crippen LogP contribution < -0.4 is 5.32 Å². The predicted octanol–water partition coefficient (Wildman–Crippen LogP) is 2.57. The summed E-state index contributed by atoms with van der Waals surface area (Å²) in [6.07, 6.45) is 2.64. The minimum atomic E-state index is 0.284. The molecule has 1 atom stereocenters. The number of piperidine rings is 1. The number of benzene rings is 1. The van der Waals surface area contributed by atoms with Crippen LogP contribution in [0.25, 0.3) is 0 Å². The molecular weight excluding hydrogens is 222 g/mol. The smallest absolute Gasteiger partial charge is 0.0588 e. The highest BCUT2D eigenvalue weighted by atomic mass is 16.5. The summed E-state index contributed by atoms with van der Waals surface area (Å²) in [4.78, 5) is 0. The first-order valence-corrected chi connectivity index (χ1v) is 7.08. The van der Waals surface area contributed by atoms with E-state index in [2.05, 4.69) is 37.4 Å². The number of aryl methyl sites for hydroxylation is 2. The topological polar surface area (TPSA) is 21.3 Å². The lowest BCUT2D eigenvalue weighted by Gasteiger charge is -2.49. The van der Waals surface area contributed by atoms with Crippen molar-refractivity contribution < 1.29 is 4.74 Å². The fourth-order valence-electron chi connectivity index (χ4n) is 3.33. The van der Waals surface area contributed by atoms with Crippen LogP contribution in [-0.4, -0.2) is 26.3 Å². The molecule has 18 heavy (non-hydrogen) atoms. The van der Waals surface area contributed by atoms with Crippen LogP contribution in [0.3, 0.4) is 0 Å². The highest BCUT2D eigenvalue weighted by molar-refractivity contribution is 5.37. The van der Waals surface area contributed by atoms with Crippen LogP contribution in [0.5, 0.6) is 0 Å². The van der Waals surface area contributed by atoms with Gasteiger partial charge in [0.1, 0.15) is 0 Å². The number of ether oxygens (including phenoxy) is 1. The van der Waals surface area contributed by atoms with Crippen LogP contribution >= 0.6 is 0 Å². The summed E-state index contributed by atoms with van der Waals surface area (Å²) in [5.41, 5.74) is 4.57. The van der Waals surface area contributed by atoms with Gasteiger partial charge in [-0.25, -0.2) is 0 Å². The number of hydrogen-bond donors (Lipinski definition) is 1. The summed E-state index contributed by atoms with van der Waals surface area (Å²) in [7, 11) is 0. The third kappa shape index (κ3) is 1.88. The van der Waals surface area contributed by atoms with Gasteiger partial charge in [0.25, 0.3) is 0 Å². The average Bonchev–Trinajstić information content (AvgIpc) is 2.34. The number of rotatable bonds is 2. The van der Waals surface area contributed by atoms with Crippen molar-refractivity contribution in [2.75, 3.05) is 26.3 Å². The monoisotopic (exact) mass is 245 g/mol. The van der Waals surface area contributed by atoms with Crippen LogP contribution in [0.1, 0.15) is 29.5 Å². The highest BCUT2D eigenvalue weighted by Gasteiger charge is 2.47. The molecule has 2 nitrogen and oxygen atoms in total. The lowest BCUT2D eigenvalue weighted by atomic mass is 9.66. The van der Waals surface area contributed by atoms with Crippen molar-refractivity contribution in [3.63, 3.8) is 0 Å². The van der Waals surface area contributed by atoms with Crippen LogP contribution in [0.4, 0.5) is 0 Å². The Morgan fingerprint density at radius 1 is 1.22 bits per heavy atom. The van der Waals surface area contributed by atoms with Gasteiger partial charge in [-0.2, -0.15) is 0 Å². The minimum Gasteiger partial charge on any atom is -0.379 e. The highest BCUT2D eigenvalue weighted by Crippen LogP contribution is 2.42. The van der Waals surface area contributed by atoms with Gasteiger partial charge >= 0.3 is 0 Å². The molecule has 1 unspecified atom stereocenters. The molecule has 1 aromatic carbocycles. The summed E-state index contributed by atoms with van der Waals surface area (Å²) in [5, 5.41) is 3.55. The maximum atomic E-state index is 5.59. The molecule has 0 saturated carbocycles. The first-order chi connectivity index (χ1) is 8.72. The number of hydrogen-bond acceptors (Lipinski definition) is 2. The van der Waals surface area contributed by atoms with Crippen LogP contribution in [-0.2, 0) is 10.2 Å². The predicted molar refractivity (Wildman–Crippen MR) is 74.0 cm³/mol. The van der Waals surface area contributed by atoms with Crippen molar-refractivity contribution >= 4 is 0 Å². The van der Waals surface area contributed by atoms with Crippen molar-refractivity contribution in [2.45, 2.75) is 32.1 Å². The van der Waals surface area contributed by atoms with Gasteiger partial charge in [0, 0.05) is 5.41 Å². The summed E-state index contributed by atoms with van der Waals surface area (Å²) >= 11 is 0. The van der Waals surface area contributed by atoms with Gasteiger partial charge in [-0.3, -0.25) is 0 Å². The summed E-state index contributed by atoms with van der Waals surface area (Å²) in [6, 6.07) is 6.97. The second kappa shape index (κ2) is 4.67. The van der Waals surface area contributed by atoms with Gasteiger partial charge in [0.05, 0.1) is 13.2 Å². The third-order valence-corrected chi connectivity index (χ3v) is 4.88. The summed E-state index contributed by atoms with van der Waals surface area (Å²) in [6.45, 7) is 8.54. The van der Waals surface area contributed by atoms with Gasteiger partial charge in [0.2, 0.25) is 0 Å². The zero-order chi connectivity index (χ0) is 12.6. The van der Waals surface area contributed by atoms with E-state index in [0.29, 0.717) is 0 Å². The molecule has 2 fully saturated rings. The molecule has 1 aromatic rings. The Morgan fingerprint density at radius 3 is 2.61 bits per heavy atom.